The minimum atomic E-state index is -1.57. The fraction of sp³-hybridized carbons (Fsp3) is 0.545. The predicted molar refractivity (Wildman–Crippen MR) is 60.2 cm³/mol. The van der Waals surface area contributed by atoms with Gasteiger partial charge >= 0.3 is 0 Å². The third-order valence-electron chi connectivity index (χ3n) is 2.43. The highest BCUT2D eigenvalue weighted by Gasteiger charge is 2.42. The lowest BCUT2D eigenvalue weighted by atomic mass is 10.00. The molecule has 5 N–H and O–H groups in total. The van der Waals surface area contributed by atoms with Crippen molar-refractivity contribution in [1.29, 1.82) is 0 Å². The zero-order chi connectivity index (χ0) is 13.5. The van der Waals surface area contributed by atoms with E-state index in [9.17, 15) is 0 Å². The molecule has 5 atom stereocenters. The van der Waals surface area contributed by atoms with Crippen molar-refractivity contribution in [3.63, 3.8) is 0 Å². The molecule has 1 aromatic rings. The highest BCUT2D eigenvalue weighted by Crippen LogP contribution is 2.18. The molecule has 0 radical (unpaired) electrons. The van der Waals surface area contributed by atoms with Gasteiger partial charge in [0.05, 0.1) is 6.61 Å². The van der Waals surface area contributed by atoms with Crippen molar-refractivity contribution < 1.29 is 30.3 Å². The maximum atomic E-state index is 9.12. The van der Waals surface area contributed by atoms with Gasteiger partial charge in [-0.25, -0.2) is 0 Å². The van der Waals surface area contributed by atoms with Crippen LogP contribution in [0, 0.1) is 0 Å². The van der Waals surface area contributed by atoms with Crippen molar-refractivity contribution in [3.05, 3.63) is 30.6 Å². The van der Waals surface area contributed by atoms with Gasteiger partial charge in [-0.2, -0.15) is 0 Å². The molecule has 18 heavy (non-hydrogen) atoms. The van der Waals surface area contributed by atoms with E-state index in [2.05, 4.69) is 9.72 Å². The lowest BCUT2D eigenvalue weighted by Gasteiger charge is -2.37. The molecule has 1 saturated heterocycles. The molecule has 0 aromatic carbocycles. The molecule has 102 valence electrons. The molecule has 0 saturated carbocycles. The molecule has 2 rings (SSSR count). The summed E-state index contributed by atoms with van der Waals surface area (Å²) >= 11 is 0. The van der Waals surface area contributed by atoms with Gasteiger partial charge in [0, 0.05) is 12.4 Å². The normalized spacial score (nSPS) is 35.5. The molecular weight excluding hydrogens is 242 g/mol. The maximum absolute atomic E-state index is 9.12. The molecule has 1 aliphatic rings. The van der Waals surface area contributed by atoms with Crippen LogP contribution in [-0.4, -0.2) is 67.8 Å². The third kappa shape index (κ3) is 3.98. The first-order valence-electron chi connectivity index (χ1n) is 5.41. The van der Waals surface area contributed by atoms with Gasteiger partial charge < -0.3 is 30.3 Å². The number of rotatable bonds is 1. The van der Waals surface area contributed by atoms with Gasteiger partial charge in [0.15, 0.2) is 6.29 Å². The summed E-state index contributed by atoms with van der Waals surface area (Å²) in [6.45, 7) is -0.526. The Hall–Kier alpha value is -1.09. The summed E-state index contributed by atoms with van der Waals surface area (Å²) in [5.74, 6) is 0. The van der Waals surface area contributed by atoms with Gasteiger partial charge in [0.25, 0.3) is 0 Å². The summed E-state index contributed by atoms with van der Waals surface area (Å²) < 4.78 is 4.58. The highest BCUT2D eigenvalue weighted by molar-refractivity contribution is 4.88. The summed E-state index contributed by atoms with van der Waals surface area (Å²) in [6, 6.07) is 5.72. The lowest BCUT2D eigenvalue weighted by molar-refractivity contribution is -0.286. The van der Waals surface area contributed by atoms with Gasteiger partial charge in [0.1, 0.15) is 24.4 Å². The number of pyridine rings is 1. The Labute approximate surface area is 104 Å². The topological polar surface area (TPSA) is 123 Å². The molecule has 7 nitrogen and oxygen atoms in total. The second kappa shape index (κ2) is 7.37. The lowest BCUT2D eigenvalue weighted by Crippen LogP contribution is -2.58. The number of hydrogen-bond acceptors (Lipinski definition) is 7. The predicted octanol–water partition coefficient (Wildman–Crippen LogP) is -2.14. The van der Waals surface area contributed by atoms with Crippen molar-refractivity contribution in [3.8, 4) is 0 Å². The van der Waals surface area contributed by atoms with E-state index in [1.165, 1.54) is 0 Å². The van der Waals surface area contributed by atoms with Crippen molar-refractivity contribution >= 4 is 0 Å². The smallest absolute Gasteiger partial charge is 0.184 e. The maximum Gasteiger partial charge on any atom is 0.184 e. The van der Waals surface area contributed by atoms with Crippen LogP contribution in [-0.2, 0) is 4.74 Å². The number of aromatic nitrogens is 1. The molecule has 7 heteroatoms. The van der Waals surface area contributed by atoms with E-state index in [0.717, 1.165) is 0 Å². The second-order valence-electron chi connectivity index (χ2n) is 3.74. The largest absolute Gasteiger partial charge is 0.394 e. The molecule has 1 unspecified atom stereocenters. The highest BCUT2D eigenvalue weighted by atomic mass is 16.6. The van der Waals surface area contributed by atoms with Gasteiger partial charge in [-0.15, -0.1) is 0 Å². The minimum absolute atomic E-state index is 0.526. The zero-order valence-corrected chi connectivity index (χ0v) is 9.57. The molecule has 1 aromatic heterocycles. The van der Waals surface area contributed by atoms with Crippen molar-refractivity contribution in [2.45, 2.75) is 30.7 Å². The fourth-order valence-electron chi connectivity index (χ4n) is 1.39. The van der Waals surface area contributed by atoms with E-state index in [0.29, 0.717) is 0 Å². The SMILES string of the molecule is OC[C@H]1OC(O)[C@H](O)[C@@H](O)[C@@H]1O.c1ccncc1. The van der Waals surface area contributed by atoms with Crippen LogP contribution in [0.1, 0.15) is 0 Å². The monoisotopic (exact) mass is 259 g/mol. The number of aliphatic hydroxyl groups is 5. The van der Waals surface area contributed by atoms with Crippen LogP contribution in [0.5, 0.6) is 0 Å². The van der Waals surface area contributed by atoms with Gasteiger partial charge in [-0.05, 0) is 12.1 Å². The first-order chi connectivity index (χ1) is 8.57. The van der Waals surface area contributed by atoms with Crippen LogP contribution in [0.25, 0.3) is 0 Å². The van der Waals surface area contributed by atoms with E-state index in [1.54, 1.807) is 12.4 Å². The minimum Gasteiger partial charge on any atom is -0.394 e. The second-order valence-corrected chi connectivity index (χ2v) is 3.74. The Kier molecular flexibility index (Phi) is 6.13. The first kappa shape index (κ1) is 15.0. The number of hydrogen-bond donors (Lipinski definition) is 5. The van der Waals surface area contributed by atoms with Crippen LogP contribution in [0.2, 0.25) is 0 Å². The van der Waals surface area contributed by atoms with E-state index in [-0.39, 0.29) is 0 Å². The van der Waals surface area contributed by atoms with Crippen molar-refractivity contribution in [1.82, 2.24) is 4.98 Å². The molecule has 1 fully saturated rings. The van der Waals surface area contributed by atoms with Crippen LogP contribution in [0.4, 0.5) is 0 Å². The molecule has 0 aliphatic carbocycles. The summed E-state index contributed by atoms with van der Waals surface area (Å²) in [4.78, 5) is 3.78. The Morgan fingerprint density at radius 3 is 1.89 bits per heavy atom. The average Bonchev–Trinajstić information content (AvgIpc) is 2.43. The Balaban J connectivity index is 0.000000225. The molecule has 0 amide bonds. The van der Waals surface area contributed by atoms with Gasteiger partial charge in [-0.3, -0.25) is 4.98 Å². The summed E-state index contributed by atoms with van der Waals surface area (Å²) in [5.41, 5.74) is 0. The zero-order valence-electron chi connectivity index (χ0n) is 9.57. The molecule has 0 bridgehead atoms. The fourth-order valence-corrected chi connectivity index (χ4v) is 1.39. The number of aliphatic hydroxyl groups excluding tert-OH is 5. The van der Waals surface area contributed by atoms with Gasteiger partial charge in [0.2, 0.25) is 0 Å². The van der Waals surface area contributed by atoms with E-state index < -0.39 is 37.3 Å². The van der Waals surface area contributed by atoms with Crippen molar-refractivity contribution in [2.75, 3.05) is 6.61 Å². The van der Waals surface area contributed by atoms with E-state index >= 15 is 0 Å². The molecule has 2 heterocycles. The Bertz CT molecular complexity index is 293. The van der Waals surface area contributed by atoms with Crippen LogP contribution < -0.4 is 0 Å². The third-order valence-corrected chi connectivity index (χ3v) is 2.43. The molecule has 1 aliphatic heterocycles. The van der Waals surface area contributed by atoms with E-state index in [4.69, 9.17) is 25.5 Å². The first-order valence-corrected chi connectivity index (χ1v) is 5.41. The average molecular weight is 259 g/mol. The summed E-state index contributed by atoms with van der Waals surface area (Å²) in [5, 5.41) is 44.7. The summed E-state index contributed by atoms with van der Waals surface area (Å²) in [6.07, 6.45) is -3.54. The van der Waals surface area contributed by atoms with Crippen molar-refractivity contribution in [2.24, 2.45) is 0 Å². The molecular formula is C11H17NO6. The summed E-state index contributed by atoms with van der Waals surface area (Å²) in [7, 11) is 0. The number of nitrogens with zero attached hydrogens (tertiary/aromatic N) is 1. The quantitative estimate of drug-likeness (QED) is 0.390. The number of ether oxygens (including phenoxy) is 1. The van der Waals surface area contributed by atoms with Gasteiger partial charge in [-0.1, -0.05) is 6.07 Å². The Morgan fingerprint density at radius 2 is 1.50 bits per heavy atom. The van der Waals surface area contributed by atoms with E-state index in [1.807, 2.05) is 18.2 Å². The standard InChI is InChI=1S/C6H12O6.C5H5N/c7-1-2-3(8)4(9)5(10)6(11)12-2;1-2-4-6-5-3-1/h2-11H,1H2;1-5H/t2-,3-,4+,5-,6?;/m1./s1. The Morgan fingerprint density at radius 1 is 0.889 bits per heavy atom. The van der Waals surface area contributed by atoms with Crippen LogP contribution in [0.15, 0.2) is 30.6 Å². The van der Waals surface area contributed by atoms with Crippen LogP contribution in [0.3, 0.4) is 0 Å². The molecule has 0 spiro atoms. The van der Waals surface area contributed by atoms with Crippen LogP contribution >= 0.6 is 0 Å².